The summed E-state index contributed by atoms with van der Waals surface area (Å²) < 4.78 is 28.5. The Balaban J connectivity index is 1.76. The van der Waals surface area contributed by atoms with Gasteiger partial charge in [-0.1, -0.05) is 12.1 Å². The third kappa shape index (κ3) is 4.20. The summed E-state index contributed by atoms with van der Waals surface area (Å²) in [5.74, 6) is 2.40. The topological polar surface area (TPSA) is 57.4 Å². The highest BCUT2D eigenvalue weighted by Crippen LogP contribution is 2.27. The lowest BCUT2D eigenvalue weighted by molar-refractivity contribution is 0.272. The number of aromatic nitrogens is 2. The third-order valence-corrected chi connectivity index (χ3v) is 3.77. The Hall–Kier alpha value is -2.89. The van der Waals surface area contributed by atoms with Crippen LogP contribution in [0.4, 0.5) is 4.39 Å². The highest BCUT2D eigenvalue weighted by atomic mass is 19.1. The van der Waals surface area contributed by atoms with E-state index in [1.54, 1.807) is 6.07 Å². The van der Waals surface area contributed by atoms with E-state index < -0.39 is 6.67 Å². The second kappa shape index (κ2) is 8.47. The minimum absolute atomic E-state index is 0.0445. The Morgan fingerprint density at radius 1 is 1.00 bits per heavy atom. The van der Waals surface area contributed by atoms with E-state index in [2.05, 4.69) is 17.1 Å². The van der Waals surface area contributed by atoms with Crippen LogP contribution in [0.25, 0.3) is 22.8 Å². The van der Waals surface area contributed by atoms with Crippen LogP contribution in [0.2, 0.25) is 0 Å². The lowest BCUT2D eigenvalue weighted by Gasteiger charge is -2.07. The van der Waals surface area contributed by atoms with Crippen molar-refractivity contribution in [1.29, 1.82) is 0 Å². The molecule has 3 rings (SSSR count). The van der Waals surface area contributed by atoms with Crippen LogP contribution in [-0.2, 0) is 0 Å². The molecule has 1 aromatic heterocycles. The predicted molar refractivity (Wildman–Crippen MR) is 97.2 cm³/mol. The van der Waals surface area contributed by atoms with E-state index in [1.165, 1.54) is 0 Å². The van der Waals surface area contributed by atoms with Gasteiger partial charge in [-0.3, -0.25) is 0 Å². The number of nitrogens with zero attached hydrogens (tertiary/aromatic N) is 2. The van der Waals surface area contributed by atoms with E-state index >= 15 is 0 Å². The molecule has 0 saturated carbocycles. The quantitative estimate of drug-likeness (QED) is 0.577. The minimum Gasteiger partial charge on any atom is -0.494 e. The fourth-order valence-corrected chi connectivity index (χ4v) is 2.47. The molecule has 0 aliphatic carbocycles. The van der Waals surface area contributed by atoms with Crippen LogP contribution in [0.15, 0.2) is 47.0 Å². The number of aryl methyl sites for hydroxylation is 1. The van der Waals surface area contributed by atoms with E-state index in [0.29, 0.717) is 24.1 Å². The summed E-state index contributed by atoms with van der Waals surface area (Å²) in [5, 5.41) is 4.05. The molecule has 5 nitrogen and oxygen atoms in total. The molecule has 0 fully saturated rings. The molecule has 0 unspecified atom stereocenters. The average Bonchev–Trinajstić information content (AvgIpc) is 3.16. The first-order valence-corrected chi connectivity index (χ1v) is 8.58. The number of hydrogen-bond acceptors (Lipinski definition) is 5. The molecule has 0 N–H and O–H groups in total. The van der Waals surface area contributed by atoms with Crippen molar-refractivity contribution in [3.8, 4) is 34.3 Å². The zero-order valence-corrected chi connectivity index (χ0v) is 14.9. The van der Waals surface area contributed by atoms with Gasteiger partial charge in [-0.25, -0.2) is 4.39 Å². The van der Waals surface area contributed by atoms with Gasteiger partial charge in [-0.2, -0.15) is 4.98 Å². The number of benzene rings is 2. The van der Waals surface area contributed by atoms with Crippen LogP contribution in [0, 0.1) is 6.92 Å². The summed E-state index contributed by atoms with van der Waals surface area (Å²) in [6.07, 6.45) is 0.965. The molecule has 0 aliphatic heterocycles. The van der Waals surface area contributed by atoms with Crippen LogP contribution >= 0.6 is 0 Å². The highest BCUT2D eigenvalue weighted by molar-refractivity contribution is 5.62. The van der Waals surface area contributed by atoms with E-state index in [-0.39, 0.29) is 6.61 Å². The first-order chi connectivity index (χ1) is 12.7. The molecule has 1 heterocycles. The van der Waals surface area contributed by atoms with E-state index in [1.807, 2.05) is 43.3 Å². The molecule has 0 bridgehead atoms. The van der Waals surface area contributed by atoms with Gasteiger partial charge in [0, 0.05) is 11.1 Å². The second-order valence-corrected chi connectivity index (χ2v) is 5.81. The maximum absolute atomic E-state index is 12.2. The Labute approximate surface area is 151 Å². The summed E-state index contributed by atoms with van der Waals surface area (Å²) in [6, 6.07) is 13.1. The van der Waals surface area contributed by atoms with E-state index in [9.17, 15) is 4.39 Å². The third-order valence-electron chi connectivity index (χ3n) is 3.77. The van der Waals surface area contributed by atoms with Crippen molar-refractivity contribution >= 4 is 0 Å². The fraction of sp³-hybridized carbons (Fsp3) is 0.300. The second-order valence-electron chi connectivity index (χ2n) is 5.81. The van der Waals surface area contributed by atoms with Gasteiger partial charge >= 0.3 is 0 Å². The molecule has 0 atom stereocenters. The number of hydrogen-bond donors (Lipinski definition) is 0. The number of halogens is 1. The first kappa shape index (κ1) is 17.9. The van der Waals surface area contributed by atoms with Crippen LogP contribution in [0.5, 0.6) is 11.5 Å². The zero-order valence-electron chi connectivity index (χ0n) is 14.9. The Morgan fingerprint density at radius 2 is 1.77 bits per heavy atom. The van der Waals surface area contributed by atoms with Crippen LogP contribution in [0.3, 0.4) is 0 Å². The van der Waals surface area contributed by atoms with E-state index in [0.717, 1.165) is 28.9 Å². The molecule has 0 spiro atoms. The number of alkyl halides is 1. The van der Waals surface area contributed by atoms with Crippen LogP contribution in [0.1, 0.15) is 18.9 Å². The van der Waals surface area contributed by atoms with Gasteiger partial charge in [0.15, 0.2) is 0 Å². The minimum atomic E-state index is -0.517. The molecular weight excluding hydrogens is 335 g/mol. The monoisotopic (exact) mass is 356 g/mol. The molecule has 26 heavy (non-hydrogen) atoms. The number of ether oxygens (including phenoxy) is 2. The standard InChI is InChI=1S/C20H21FN2O3/c1-3-11-24-17-7-4-15(5-8-17)19-22-20(26-23-19)16-6-9-18(14(2)13-16)25-12-10-21/h4-9,13H,3,10-12H2,1-2H3. The normalized spacial score (nSPS) is 10.7. The molecule has 0 radical (unpaired) electrons. The SMILES string of the molecule is CCCOc1ccc(-c2noc(-c3ccc(OCCF)c(C)c3)n2)cc1. The predicted octanol–water partition coefficient (Wildman–Crippen LogP) is 4.85. The van der Waals surface area contributed by atoms with E-state index in [4.69, 9.17) is 14.0 Å². The molecule has 6 heteroatoms. The summed E-state index contributed by atoms with van der Waals surface area (Å²) in [6.45, 7) is 4.18. The summed E-state index contributed by atoms with van der Waals surface area (Å²) in [7, 11) is 0. The maximum Gasteiger partial charge on any atom is 0.258 e. The molecular formula is C20H21FN2O3. The van der Waals surface area contributed by atoms with Gasteiger partial charge in [0.05, 0.1) is 6.61 Å². The van der Waals surface area contributed by atoms with Gasteiger partial charge in [-0.05, 0) is 61.4 Å². The number of rotatable bonds is 8. The molecule has 3 aromatic rings. The molecule has 136 valence electrons. The molecule has 0 amide bonds. The average molecular weight is 356 g/mol. The van der Waals surface area contributed by atoms with Gasteiger partial charge in [-0.15, -0.1) is 0 Å². The van der Waals surface area contributed by atoms with Crippen LogP contribution < -0.4 is 9.47 Å². The maximum atomic E-state index is 12.2. The Kier molecular flexibility index (Phi) is 5.84. The van der Waals surface area contributed by atoms with Crippen LogP contribution in [-0.4, -0.2) is 30.0 Å². The molecule has 2 aromatic carbocycles. The summed E-state index contributed by atoms with van der Waals surface area (Å²) in [5.41, 5.74) is 2.52. The van der Waals surface area contributed by atoms with Gasteiger partial charge in [0.1, 0.15) is 24.8 Å². The van der Waals surface area contributed by atoms with Crippen molar-refractivity contribution in [2.24, 2.45) is 0 Å². The van der Waals surface area contributed by atoms with Crippen molar-refractivity contribution in [3.05, 3.63) is 48.0 Å². The first-order valence-electron chi connectivity index (χ1n) is 8.58. The van der Waals surface area contributed by atoms with Gasteiger partial charge in [0.2, 0.25) is 5.82 Å². The summed E-state index contributed by atoms with van der Waals surface area (Å²) in [4.78, 5) is 4.46. The van der Waals surface area contributed by atoms with Crippen molar-refractivity contribution in [1.82, 2.24) is 10.1 Å². The largest absolute Gasteiger partial charge is 0.494 e. The van der Waals surface area contributed by atoms with Gasteiger partial charge in [0.25, 0.3) is 5.89 Å². The molecule has 0 saturated heterocycles. The summed E-state index contributed by atoms with van der Waals surface area (Å²) >= 11 is 0. The van der Waals surface area contributed by atoms with Crippen molar-refractivity contribution < 1.29 is 18.4 Å². The highest BCUT2D eigenvalue weighted by Gasteiger charge is 2.12. The van der Waals surface area contributed by atoms with Crippen molar-refractivity contribution in [2.75, 3.05) is 19.9 Å². The molecule has 0 aliphatic rings. The lowest BCUT2D eigenvalue weighted by atomic mass is 10.1. The zero-order chi connectivity index (χ0) is 18.4. The fourth-order valence-electron chi connectivity index (χ4n) is 2.47. The van der Waals surface area contributed by atoms with Crippen molar-refractivity contribution in [3.63, 3.8) is 0 Å². The smallest absolute Gasteiger partial charge is 0.258 e. The Bertz CT molecular complexity index is 847. The Morgan fingerprint density at radius 3 is 2.46 bits per heavy atom. The van der Waals surface area contributed by atoms with Gasteiger partial charge < -0.3 is 14.0 Å². The lowest BCUT2D eigenvalue weighted by Crippen LogP contribution is -2.00. The van der Waals surface area contributed by atoms with Crippen molar-refractivity contribution in [2.45, 2.75) is 20.3 Å².